The minimum Gasteiger partial charge on any atom is -0.497 e. The topological polar surface area (TPSA) is 138 Å². The Hall–Kier alpha value is -4.26. The molecule has 1 atom stereocenters. The van der Waals surface area contributed by atoms with E-state index in [1.807, 2.05) is 12.1 Å². The van der Waals surface area contributed by atoms with Crippen LogP contribution in [-0.2, 0) is 16.1 Å². The summed E-state index contributed by atoms with van der Waals surface area (Å²) in [6.07, 6.45) is 0. The van der Waals surface area contributed by atoms with Gasteiger partial charge in [0.25, 0.3) is 11.3 Å². The van der Waals surface area contributed by atoms with E-state index in [2.05, 4.69) is 29.8 Å². The number of nitrogens with zero attached hydrogens (tertiary/aromatic N) is 3. The highest BCUT2D eigenvalue weighted by atomic mass is 32.2. The van der Waals surface area contributed by atoms with Gasteiger partial charge in [0.15, 0.2) is 11.6 Å². The molecule has 1 unspecified atom stereocenters. The summed E-state index contributed by atoms with van der Waals surface area (Å²) < 4.78 is 35.1. The lowest BCUT2D eigenvalue weighted by atomic mass is 10.2. The van der Waals surface area contributed by atoms with Crippen molar-refractivity contribution in [1.29, 1.82) is 0 Å². The molecule has 1 aromatic heterocycles. The highest BCUT2D eigenvalue weighted by Gasteiger charge is 2.23. The Morgan fingerprint density at radius 2 is 1.62 bits per heavy atom. The monoisotopic (exact) mass is 564 g/mol. The summed E-state index contributed by atoms with van der Waals surface area (Å²) in [4.78, 5) is 21.8. The molecule has 0 aliphatic rings. The van der Waals surface area contributed by atoms with Crippen LogP contribution in [0.2, 0.25) is 0 Å². The fraction of sp³-hybridized carbons (Fsp3) is 0.250. The fourth-order valence-electron chi connectivity index (χ4n) is 3.91. The second kappa shape index (κ2) is 13.2. The van der Waals surface area contributed by atoms with E-state index in [4.69, 9.17) is 19.4 Å². The maximum Gasteiger partial charge on any atom is 0.268 e. The van der Waals surface area contributed by atoms with Gasteiger partial charge in [-0.25, -0.2) is 18.5 Å². The fourth-order valence-corrected chi connectivity index (χ4v) is 4.48. The van der Waals surface area contributed by atoms with Gasteiger partial charge in [-0.1, -0.05) is 32.0 Å². The summed E-state index contributed by atoms with van der Waals surface area (Å²) in [6.45, 7) is 4.97. The highest BCUT2D eigenvalue weighted by molar-refractivity contribution is 7.81. The molecule has 12 heteroatoms. The second-order valence-electron chi connectivity index (χ2n) is 9.26. The smallest absolute Gasteiger partial charge is 0.268 e. The Balaban J connectivity index is 1.73. The van der Waals surface area contributed by atoms with Gasteiger partial charge in [-0.2, -0.15) is 0 Å². The number of para-hydroxylation sites is 2. The maximum absolute atomic E-state index is 12.8. The number of anilines is 5. The molecule has 0 spiro atoms. The lowest BCUT2D eigenvalue weighted by Gasteiger charge is -2.23. The van der Waals surface area contributed by atoms with Crippen LogP contribution in [0.1, 0.15) is 13.8 Å². The molecule has 0 aliphatic heterocycles. The molecule has 1 amide bonds. The summed E-state index contributed by atoms with van der Waals surface area (Å²) in [5.41, 5.74) is 2.47. The predicted molar refractivity (Wildman–Crippen MR) is 158 cm³/mol. The number of methoxy groups -OCH3 is 2. The van der Waals surface area contributed by atoms with Crippen molar-refractivity contribution in [3.63, 3.8) is 0 Å². The Bertz CT molecular complexity index is 1490. The first-order valence-corrected chi connectivity index (χ1v) is 13.6. The van der Waals surface area contributed by atoms with Crippen molar-refractivity contribution in [2.45, 2.75) is 13.8 Å². The summed E-state index contributed by atoms with van der Waals surface area (Å²) in [6, 6.07) is 19.1. The van der Waals surface area contributed by atoms with Gasteiger partial charge in [0.05, 0.1) is 37.5 Å². The van der Waals surface area contributed by atoms with E-state index >= 15 is 0 Å². The number of aromatic nitrogens is 2. The highest BCUT2D eigenvalue weighted by Crippen LogP contribution is 2.36. The number of ether oxygens (including phenoxy) is 2. The van der Waals surface area contributed by atoms with Gasteiger partial charge in [-0.05, 0) is 42.8 Å². The number of benzene rings is 3. The SMILES string of the molecule is COc1cc(Nc2nc3ccccc3nc2N(c2cccc(NC(=O)CNCC(C)C)c2)S(=O)O)cc(OC)c1. The number of hydrogen-bond acceptors (Lipinski definition) is 8. The van der Waals surface area contributed by atoms with Crippen LogP contribution in [0.25, 0.3) is 11.0 Å². The molecule has 0 bridgehead atoms. The van der Waals surface area contributed by atoms with Crippen molar-refractivity contribution in [3.8, 4) is 11.5 Å². The Morgan fingerprint density at radius 1 is 0.950 bits per heavy atom. The molecule has 4 aromatic rings. The Labute approximate surface area is 235 Å². The number of carbonyl (C=O) groups excluding carboxylic acids is 1. The summed E-state index contributed by atoms with van der Waals surface area (Å²) in [5, 5.41) is 9.12. The number of hydrogen-bond donors (Lipinski definition) is 4. The molecule has 210 valence electrons. The number of rotatable bonds is 12. The van der Waals surface area contributed by atoms with E-state index in [9.17, 15) is 13.6 Å². The maximum atomic E-state index is 12.8. The zero-order valence-electron chi connectivity index (χ0n) is 22.7. The molecule has 11 nitrogen and oxygen atoms in total. The van der Waals surface area contributed by atoms with Gasteiger partial charge in [0, 0.05) is 29.6 Å². The third-order valence-corrected chi connectivity index (χ3v) is 6.41. The molecular formula is C28H32N6O5S. The second-order valence-corrected chi connectivity index (χ2v) is 10.1. The zero-order chi connectivity index (χ0) is 28.6. The van der Waals surface area contributed by atoms with Crippen LogP contribution in [0.15, 0.2) is 66.7 Å². The molecule has 40 heavy (non-hydrogen) atoms. The molecule has 4 rings (SSSR count). The summed E-state index contributed by atoms with van der Waals surface area (Å²) in [7, 11) is 3.09. The van der Waals surface area contributed by atoms with Crippen LogP contribution in [0.4, 0.5) is 28.7 Å². The third kappa shape index (κ3) is 7.23. The van der Waals surface area contributed by atoms with Gasteiger partial charge >= 0.3 is 0 Å². The summed E-state index contributed by atoms with van der Waals surface area (Å²) >= 11 is -2.54. The Kier molecular flexibility index (Phi) is 9.48. The molecule has 0 fully saturated rings. The molecular weight excluding hydrogens is 532 g/mol. The van der Waals surface area contributed by atoms with E-state index < -0.39 is 11.3 Å². The van der Waals surface area contributed by atoms with Crippen molar-refractivity contribution < 1.29 is 23.0 Å². The summed E-state index contributed by atoms with van der Waals surface area (Å²) in [5.74, 6) is 1.60. The van der Waals surface area contributed by atoms with Crippen LogP contribution in [0, 0.1) is 5.92 Å². The number of fused-ring (bicyclic) bond motifs is 1. The van der Waals surface area contributed by atoms with E-state index in [0.717, 1.165) is 4.31 Å². The average Bonchev–Trinajstić information content (AvgIpc) is 2.93. The van der Waals surface area contributed by atoms with E-state index in [1.54, 1.807) is 68.8 Å². The van der Waals surface area contributed by atoms with Gasteiger partial charge in [-0.15, -0.1) is 0 Å². The van der Waals surface area contributed by atoms with E-state index in [-0.39, 0.29) is 24.1 Å². The van der Waals surface area contributed by atoms with E-state index in [0.29, 0.717) is 52.1 Å². The number of carbonyl (C=O) groups is 1. The molecule has 4 N–H and O–H groups in total. The van der Waals surface area contributed by atoms with Gasteiger partial charge < -0.3 is 25.4 Å². The Morgan fingerprint density at radius 3 is 2.25 bits per heavy atom. The van der Waals surface area contributed by atoms with Crippen LogP contribution in [-0.4, -0.2) is 51.9 Å². The molecule has 3 aromatic carbocycles. The first-order valence-electron chi connectivity index (χ1n) is 12.6. The normalized spacial score (nSPS) is 11.8. The van der Waals surface area contributed by atoms with Crippen LogP contribution in [0.5, 0.6) is 11.5 Å². The van der Waals surface area contributed by atoms with Crippen molar-refractivity contribution in [1.82, 2.24) is 15.3 Å². The third-order valence-electron chi connectivity index (χ3n) is 5.72. The number of nitrogens with one attached hydrogen (secondary N) is 3. The average molecular weight is 565 g/mol. The van der Waals surface area contributed by atoms with E-state index in [1.165, 1.54) is 0 Å². The minimum atomic E-state index is -2.54. The van der Waals surface area contributed by atoms with Crippen molar-refractivity contribution in [2.75, 3.05) is 42.2 Å². The molecule has 0 saturated carbocycles. The first-order chi connectivity index (χ1) is 19.3. The van der Waals surface area contributed by atoms with Gasteiger partial charge in [-0.3, -0.25) is 9.35 Å². The number of amides is 1. The first kappa shape index (κ1) is 28.7. The molecule has 0 radical (unpaired) electrons. The molecule has 0 aliphatic carbocycles. The molecule has 1 heterocycles. The van der Waals surface area contributed by atoms with Gasteiger partial charge in [0.2, 0.25) is 5.91 Å². The standard InChI is InChI=1S/C28H32N6O5S/c1-18(2)16-29-17-26(35)30-19-8-7-9-21(12-19)34(40(36)37)28-27(32-24-10-5-6-11-25(24)33-28)31-20-13-22(38-3)15-23(14-20)39-4/h5-15,18,29H,16-17H2,1-4H3,(H,30,35)(H,31,32)(H,36,37). The van der Waals surface area contributed by atoms with Crippen molar-refractivity contribution >= 4 is 56.9 Å². The lowest BCUT2D eigenvalue weighted by Crippen LogP contribution is -2.30. The minimum absolute atomic E-state index is 0.100. The van der Waals surface area contributed by atoms with Crippen LogP contribution >= 0.6 is 0 Å². The largest absolute Gasteiger partial charge is 0.497 e. The van der Waals surface area contributed by atoms with Gasteiger partial charge in [0.1, 0.15) is 11.5 Å². The lowest BCUT2D eigenvalue weighted by molar-refractivity contribution is -0.115. The van der Waals surface area contributed by atoms with Crippen LogP contribution < -0.4 is 29.7 Å². The zero-order valence-corrected chi connectivity index (χ0v) is 23.5. The van der Waals surface area contributed by atoms with Crippen molar-refractivity contribution in [2.24, 2.45) is 5.92 Å². The van der Waals surface area contributed by atoms with Crippen molar-refractivity contribution in [3.05, 3.63) is 66.7 Å². The predicted octanol–water partition coefficient (Wildman–Crippen LogP) is 4.85. The molecule has 0 saturated heterocycles. The van der Waals surface area contributed by atoms with Crippen LogP contribution in [0.3, 0.4) is 0 Å². The quantitative estimate of drug-likeness (QED) is 0.178.